The van der Waals surface area contributed by atoms with E-state index in [4.69, 9.17) is 26.1 Å². The van der Waals surface area contributed by atoms with Crippen molar-refractivity contribution in [3.63, 3.8) is 0 Å². The molecule has 0 bridgehead atoms. The first-order valence-electron chi connectivity index (χ1n) is 14.3. The minimum atomic E-state index is -0.486. The summed E-state index contributed by atoms with van der Waals surface area (Å²) < 4.78 is 13.5. The Hall–Kier alpha value is -4.99. The van der Waals surface area contributed by atoms with Crippen molar-refractivity contribution in [2.45, 2.75) is 25.5 Å². The number of nitro groups is 1. The van der Waals surface area contributed by atoms with Gasteiger partial charge in [0, 0.05) is 10.6 Å². The third kappa shape index (κ3) is 5.24. The number of methoxy groups -OCH3 is 1. The molecule has 0 unspecified atom stereocenters. The Morgan fingerprint density at radius 2 is 1.78 bits per heavy atom. The van der Waals surface area contributed by atoms with Gasteiger partial charge in [-0.1, -0.05) is 95.7 Å². The van der Waals surface area contributed by atoms with Gasteiger partial charge in [0.25, 0.3) is 11.2 Å². The number of fused-ring (bicyclic) bond motifs is 3. The number of nitro benzene ring substituents is 1. The second-order valence-electron chi connectivity index (χ2n) is 10.7. The Labute approximate surface area is 266 Å². The summed E-state index contributed by atoms with van der Waals surface area (Å²) >= 11 is 7.93. The molecule has 45 heavy (non-hydrogen) atoms. The predicted molar refractivity (Wildman–Crippen MR) is 175 cm³/mol. The lowest BCUT2D eigenvalue weighted by Gasteiger charge is -2.31. The summed E-state index contributed by atoms with van der Waals surface area (Å²) in [5, 5.41) is 12.8. The van der Waals surface area contributed by atoms with Gasteiger partial charge in [-0.2, -0.15) is 0 Å². The van der Waals surface area contributed by atoms with E-state index in [0.29, 0.717) is 20.1 Å². The maximum atomic E-state index is 14.2. The zero-order valence-electron chi connectivity index (χ0n) is 24.1. The van der Waals surface area contributed by atoms with Crippen LogP contribution in [-0.4, -0.2) is 16.6 Å². The van der Waals surface area contributed by atoms with Gasteiger partial charge in [0.15, 0.2) is 16.3 Å². The van der Waals surface area contributed by atoms with Crippen LogP contribution in [0.5, 0.6) is 11.5 Å². The number of benzene rings is 4. The van der Waals surface area contributed by atoms with Gasteiger partial charge in [0.05, 0.1) is 39.9 Å². The number of nitrogens with zero attached hydrogens (tertiary/aromatic N) is 3. The summed E-state index contributed by atoms with van der Waals surface area (Å²) in [4.78, 5) is 31.5. The molecule has 2 heterocycles. The Morgan fingerprint density at radius 1 is 1.02 bits per heavy atom. The number of allylic oxidation sites excluding steroid dienone is 1. The Balaban J connectivity index is 1.39. The van der Waals surface area contributed by atoms with E-state index in [-0.39, 0.29) is 29.2 Å². The lowest BCUT2D eigenvalue weighted by atomic mass is 9.83. The van der Waals surface area contributed by atoms with E-state index in [0.717, 1.165) is 40.8 Å². The summed E-state index contributed by atoms with van der Waals surface area (Å²) in [6, 6.07) is 27.6. The number of halogens is 1. The molecule has 10 heteroatoms. The molecule has 0 saturated carbocycles. The minimum Gasteiger partial charge on any atom is -0.493 e. The number of thiazole rings is 1. The van der Waals surface area contributed by atoms with Crippen LogP contribution in [-0.2, 0) is 13.0 Å². The molecular weight excluding hydrogens is 610 g/mol. The first kappa shape index (κ1) is 28.8. The number of hydrogen-bond donors (Lipinski definition) is 0. The zero-order valence-corrected chi connectivity index (χ0v) is 25.7. The number of ether oxygens (including phenoxy) is 2. The molecule has 0 radical (unpaired) electrons. The topological polar surface area (TPSA) is 96.0 Å². The van der Waals surface area contributed by atoms with Gasteiger partial charge in [-0.25, -0.2) is 4.99 Å². The maximum Gasteiger partial charge on any atom is 0.280 e. The molecule has 0 amide bonds. The van der Waals surface area contributed by atoms with E-state index in [1.807, 2.05) is 66.7 Å². The number of aryl methyl sites for hydroxylation is 1. The molecule has 1 aliphatic heterocycles. The van der Waals surface area contributed by atoms with Crippen LogP contribution in [0.2, 0.25) is 5.02 Å². The fourth-order valence-corrected chi connectivity index (χ4v) is 7.21. The highest BCUT2D eigenvalue weighted by molar-refractivity contribution is 7.07. The van der Waals surface area contributed by atoms with E-state index >= 15 is 0 Å². The Bertz CT molecular complexity index is 2190. The van der Waals surface area contributed by atoms with E-state index in [1.165, 1.54) is 42.2 Å². The third-order valence-corrected chi connectivity index (χ3v) is 9.43. The van der Waals surface area contributed by atoms with Gasteiger partial charge in [-0.3, -0.25) is 19.5 Å². The highest BCUT2D eigenvalue weighted by atomic mass is 35.5. The van der Waals surface area contributed by atoms with Gasteiger partial charge in [-0.15, -0.1) is 0 Å². The first-order chi connectivity index (χ1) is 21.9. The van der Waals surface area contributed by atoms with Crippen LogP contribution >= 0.6 is 22.9 Å². The van der Waals surface area contributed by atoms with E-state index in [2.05, 4.69) is 12.1 Å². The van der Waals surface area contributed by atoms with Crippen molar-refractivity contribution < 1.29 is 14.4 Å². The molecule has 0 N–H and O–H groups in total. The second kappa shape index (κ2) is 11.8. The lowest BCUT2D eigenvalue weighted by Crippen LogP contribution is -2.38. The average molecular weight is 636 g/mol. The van der Waals surface area contributed by atoms with E-state index in [1.54, 1.807) is 4.57 Å². The molecule has 0 saturated heterocycles. The van der Waals surface area contributed by atoms with Crippen molar-refractivity contribution in [3.8, 4) is 11.5 Å². The Kier molecular flexibility index (Phi) is 7.56. The summed E-state index contributed by atoms with van der Waals surface area (Å²) in [7, 11) is 1.47. The van der Waals surface area contributed by atoms with Crippen LogP contribution in [0.25, 0.3) is 11.8 Å². The van der Waals surface area contributed by atoms with Crippen LogP contribution in [0.3, 0.4) is 0 Å². The van der Waals surface area contributed by atoms with Gasteiger partial charge in [-0.05, 0) is 53.3 Å². The number of hydrogen-bond acceptors (Lipinski definition) is 7. The van der Waals surface area contributed by atoms with Crippen molar-refractivity contribution in [3.05, 3.63) is 159 Å². The van der Waals surface area contributed by atoms with Gasteiger partial charge in [0.2, 0.25) is 0 Å². The lowest BCUT2D eigenvalue weighted by molar-refractivity contribution is -0.385. The molecule has 1 aromatic heterocycles. The van der Waals surface area contributed by atoms with Crippen molar-refractivity contribution in [2.75, 3.05) is 7.11 Å². The second-order valence-corrected chi connectivity index (χ2v) is 12.1. The highest BCUT2D eigenvalue weighted by Gasteiger charge is 2.33. The fraction of sp³-hybridized carbons (Fsp3) is 0.143. The van der Waals surface area contributed by atoms with Crippen molar-refractivity contribution >= 4 is 40.4 Å². The summed E-state index contributed by atoms with van der Waals surface area (Å²) in [5.41, 5.74) is 5.54. The average Bonchev–Trinajstić information content (AvgIpc) is 3.37. The van der Waals surface area contributed by atoms with Crippen LogP contribution in [0.15, 0.2) is 106 Å². The monoisotopic (exact) mass is 635 g/mol. The number of rotatable bonds is 7. The third-order valence-electron chi connectivity index (χ3n) is 8.11. The summed E-state index contributed by atoms with van der Waals surface area (Å²) in [6.07, 6.45) is 3.08. The predicted octanol–water partition coefficient (Wildman–Crippen LogP) is 6.47. The summed E-state index contributed by atoms with van der Waals surface area (Å²) in [6.45, 7) is 0.210. The smallest absolute Gasteiger partial charge is 0.280 e. The molecular formula is C35H26ClN3O5S. The molecule has 224 valence electrons. The fourth-order valence-electron chi connectivity index (χ4n) is 5.98. The zero-order chi connectivity index (χ0) is 31.1. The number of aromatic nitrogens is 1. The van der Waals surface area contributed by atoms with Crippen molar-refractivity contribution in [1.82, 2.24) is 4.57 Å². The summed E-state index contributed by atoms with van der Waals surface area (Å²) in [5.74, 6) is 0.549. The SMILES string of the molecule is COc1cc(/C=c2/sc3n(c2=O)[C@@H](c2ccccc2Cl)C2=C(N=3)c3ccccc3CC2)c([N+](=O)[O-])cc1OCc1ccccc1. The molecule has 7 rings (SSSR count). The Morgan fingerprint density at radius 3 is 2.56 bits per heavy atom. The standard InChI is InChI=1S/C35H26ClN3O5S/c1-43-29-17-23(28(39(41)42)19-30(29)44-20-21-9-3-2-4-10-21)18-31-34(40)38-33(25-13-7-8-14-27(25)36)26-16-15-22-11-5-6-12-24(22)32(26)37-35(38)45-31/h2-14,17-19,33H,15-16,20H2,1H3/b31-18+/t33-/m0/s1. The van der Waals surface area contributed by atoms with Gasteiger partial charge in [0.1, 0.15) is 6.61 Å². The van der Waals surface area contributed by atoms with Crippen molar-refractivity contribution in [2.24, 2.45) is 4.99 Å². The normalized spacial score (nSPS) is 15.5. The van der Waals surface area contributed by atoms with Gasteiger partial charge < -0.3 is 9.47 Å². The molecule has 0 fully saturated rings. The van der Waals surface area contributed by atoms with Crippen LogP contribution in [0.4, 0.5) is 5.69 Å². The first-order valence-corrected chi connectivity index (χ1v) is 15.5. The van der Waals surface area contributed by atoms with Crippen LogP contribution in [0, 0.1) is 10.1 Å². The molecule has 4 aromatic carbocycles. The van der Waals surface area contributed by atoms with E-state index in [9.17, 15) is 14.9 Å². The van der Waals surface area contributed by atoms with Crippen LogP contribution < -0.4 is 24.4 Å². The quantitative estimate of drug-likeness (QED) is 0.151. The molecule has 1 aliphatic carbocycles. The van der Waals surface area contributed by atoms with Crippen molar-refractivity contribution in [1.29, 1.82) is 0 Å². The largest absolute Gasteiger partial charge is 0.493 e. The molecule has 5 aromatic rings. The molecule has 8 nitrogen and oxygen atoms in total. The van der Waals surface area contributed by atoms with Gasteiger partial charge >= 0.3 is 0 Å². The maximum absolute atomic E-state index is 14.2. The molecule has 0 spiro atoms. The highest BCUT2D eigenvalue weighted by Crippen LogP contribution is 2.43. The molecule has 2 aliphatic rings. The molecule has 1 atom stereocenters. The van der Waals surface area contributed by atoms with E-state index < -0.39 is 11.0 Å². The van der Waals surface area contributed by atoms with Crippen LogP contribution in [0.1, 0.15) is 40.3 Å². The minimum absolute atomic E-state index is 0.208.